The van der Waals surface area contributed by atoms with Gasteiger partial charge in [0.25, 0.3) is 5.56 Å². The number of hydrogen-bond donors (Lipinski definition) is 3. The number of aromatic hydroxyl groups is 1. The molecule has 9 nitrogen and oxygen atoms in total. The lowest BCUT2D eigenvalue weighted by Crippen LogP contribution is -2.36. The molecule has 36 heavy (non-hydrogen) atoms. The van der Waals surface area contributed by atoms with Gasteiger partial charge in [-0.15, -0.1) is 0 Å². The Balaban J connectivity index is 1.95. The number of hydrogen-bond acceptors (Lipinski definition) is 6. The number of rotatable bonds is 8. The summed E-state index contributed by atoms with van der Waals surface area (Å²) in [5.74, 6) is -0.125. The molecule has 2 amide bonds. The number of aromatic nitrogens is 1. The second-order valence-corrected chi connectivity index (χ2v) is 8.43. The van der Waals surface area contributed by atoms with Gasteiger partial charge in [-0.05, 0) is 55.7 Å². The van der Waals surface area contributed by atoms with E-state index in [2.05, 4.69) is 10.6 Å². The number of carbonyl (C=O) groups excluding carboxylic acids is 2. The van der Waals surface area contributed by atoms with E-state index in [-0.39, 0.29) is 24.5 Å². The van der Waals surface area contributed by atoms with Crippen LogP contribution in [0, 0.1) is 13.8 Å². The quantitative estimate of drug-likeness (QED) is 0.405. The molecule has 0 aliphatic heterocycles. The first-order chi connectivity index (χ1) is 17.1. The van der Waals surface area contributed by atoms with E-state index in [4.69, 9.17) is 9.47 Å². The molecule has 0 aliphatic rings. The Bertz CT molecular complexity index is 1330. The highest BCUT2D eigenvalue weighted by molar-refractivity contribution is 5.91. The van der Waals surface area contributed by atoms with Gasteiger partial charge in [0, 0.05) is 18.8 Å². The molecule has 1 unspecified atom stereocenters. The van der Waals surface area contributed by atoms with Crippen LogP contribution in [0.15, 0.2) is 53.3 Å². The maximum Gasteiger partial charge on any atom is 0.319 e. The van der Waals surface area contributed by atoms with Crippen LogP contribution in [0.2, 0.25) is 0 Å². The summed E-state index contributed by atoms with van der Waals surface area (Å²) in [7, 11) is 3.13. The highest BCUT2D eigenvalue weighted by atomic mass is 16.5. The van der Waals surface area contributed by atoms with Gasteiger partial charge in [-0.25, -0.2) is 4.79 Å². The standard InChI is InChI=1S/C27H31N3O6/c1-6-36-24(32)15-22(28-27(34)29-25-23(31)12-17(3)30(4)26(25)33)20-11-16(2)10-19(13-20)18-8-7-9-21(14-18)35-5/h7-14,22,31H,6,15H2,1-5H3,(H2,28,29,34). The van der Waals surface area contributed by atoms with E-state index in [0.29, 0.717) is 17.0 Å². The molecule has 3 N–H and O–H groups in total. The van der Waals surface area contributed by atoms with Crippen molar-refractivity contribution in [2.75, 3.05) is 19.0 Å². The molecule has 3 rings (SSSR count). The van der Waals surface area contributed by atoms with E-state index in [0.717, 1.165) is 16.7 Å². The number of benzene rings is 2. The minimum Gasteiger partial charge on any atom is -0.505 e. The molecule has 0 aliphatic carbocycles. The molecule has 3 aromatic rings. The topological polar surface area (TPSA) is 119 Å². The van der Waals surface area contributed by atoms with Crippen molar-refractivity contribution in [3.63, 3.8) is 0 Å². The van der Waals surface area contributed by atoms with Gasteiger partial charge in [-0.2, -0.15) is 0 Å². The largest absolute Gasteiger partial charge is 0.505 e. The molecule has 0 saturated carbocycles. The predicted molar refractivity (Wildman–Crippen MR) is 137 cm³/mol. The Morgan fingerprint density at radius 3 is 2.53 bits per heavy atom. The average molecular weight is 494 g/mol. The van der Waals surface area contributed by atoms with Crippen LogP contribution in [-0.4, -0.2) is 35.4 Å². The summed E-state index contributed by atoms with van der Waals surface area (Å²) in [4.78, 5) is 37.8. The van der Waals surface area contributed by atoms with Crippen LogP contribution in [0.5, 0.6) is 11.5 Å². The van der Waals surface area contributed by atoms with Crippen LogP contribution >= 0.6 is 0 Å². The first kappa shape index (κ1) is 26.3. The monoisotopic (exact) mass is 493 g/mol. The van der Waals surface area contributed by atoms with Crippen molar-refractivity contribution in [3.8, 4) is 22.6 Å². The summed E-state index contributed by atoms with van der Waals surface area (Å²) in [6.45, 7) is 5.49. The number of nitrogens with zero attached hydrogens (tertiary/aromatic N) is 1. The molecule has 0 fully saturated rings. The van der Waals surface area contributed by atoms with Crippen molar-refractivity contribution in [1.29, 1.82) is 0 Å². The van der Waals surface area contributed by atoms with Crippen molar-refractivity contribution < 1.29 is 24.2 Å². The zero-order valence-electron chi connectivity index (χ0n) is 21.0. The van der Waals surface area contributed by atoms with Crippen LogP contribution in [-0.2, 0) is 16.6 Å². The van der Waals surface area contributed by atoms with Gasteiger partial charge in [-0.3, -0.25) is 9.59 Å². The molecule has 0 bridgehead atoms. The van der Waals surface area contributed by atoms with Crippen LogP contribution in [0.1, 0.15) is 36.2 Å². The molecule has 0 radical (unpaired) electrons. The maximum atomic E-state index is 12.9. The molecular formula is C27H31N3O6. The number of urea groups is 1. The zero-order valence-corrected chi connectivity index (χ0v) is 21.0. The van der Waals surface area contributed by atoms with Crippen molar-refractivity contribution in [1.82, 2.24) is 9.88 Å². The van der Waals surface area contributed by atoms with Gasteiger partial charge >= 0.3 is 12.0 Å². The van der Waals surface area contributed by atoms with E-state index < -0.39 is 23.6 Å². The number of methoxy groups -OCH3 is 1. The third-order valence-corrected chi connectivity index (χ3v) is 5.77. The Morgan fingerprint density at radius 1 is 1.08 bits per heavy atom. The number of pyridine rings is 1. The lowest BCUT2D eigenvalue weighted by atomic mass is 9.95. The smallest absolute Gasteiger partial charge is 0.319 e. The first-order valence-electron chi connectivity index (χ1n) is 11.5. The molecule has 0 saturated heterocycles. The van der Waals surface area contributed by atoms with E-state index in [1.807, 2.05) is 49.4 Å². The molecule has 9 heteroatoms. The van der Waals surface area contributed by atoms with Crippen molar-refractivity contribution in [2.24, 2.45) is 7.05 Å². The molecule has 0 spiro atoms. The first-order valence-corrected chi connectivity index (χ1v) is 11.5. The second-order valence-electron chi connectivity index (χ2n) is 8.43. The number of nitrogens with one attached hydrogen (secondary N) is 2. The Morgan fingerprint density at radius 2 is 1.83 bits per heavy atom. The normalized spacial score (nSPS) is 11.5. The molecule has 2 aromatic carbocycles. The second kappa shape index (κ2) is 11.4. The summed E-state index contributed by atoms with van der Waals surface area (Å²) in [6, 6.07) is 13.2. The minimum absolute atomic E-state index is 0.125. The average Bonchev–Trinajstić information content (AvgIpc) is 2.84. The van der Waals surface area contributed by atoms with Gasteiger partial charge in [0.1, 0.15) is 11.5 Å². The lowest BCUT2D eigenvalue weighted by molar-refractivity contribution is -0.143. The summed E-state index contributed by atoms with van der Waals surface area (Å²) in [5, 5.41) is 15.4. The predicted octanol–water partition coefficient (Wildman–Crippen LogP) is 4.20. The van der Waals surface area contributed by atoms with E-state index in [1.165, 1.54) is 17.7 Å². The maximum absolute atomic E-state index is 12.9. The summed E-state index contributed by atoms with van der Waals surface area (Å²) < 4.78 is 11.8. The van der Waals surface area contributed by atoms with Gasteiger partial charge in [-0.1, -0.05) is 29.8 Å². The van der Waals surface area contributed by atoms with Crippen molar-refractivity contribution in [2.45, 2.75) is 33.2 Å². The number of ether oxygens (including phenoxy) is 2. The highest BCUT2D eigenvalue weighted by Gasteiger charge is 2.22. The number of aryl methyl sites for hydroxylation is 2. The number of carbonyl (C=O) groups is 2. The fraction of sp³-hybridized carbons (Fsp3) is 0.296. The fourth-order valence-corrected chi connectivity index (χ4v) is 3.85. The highest BCUT2D eigenvalue weighted by Crippen LogP contribution is 2.29. The van der Waals surface area contributed by atoms with Crippen molar-refractivity contribution in [3.05, 3.63) is 75.7 Å². The third-order valence-electron chi connectivity index (χ3n) is 5.77. The van der Waals surface area contributed by atoms with E-state index >= 15 is 0 Å². The Hall–Kier alpha value is -4.27. The zero-order chi connectivity index (χ0) is 26.4. The summed E-state index contributed by atoms with van der Waals surface area (Å²) >= 11 is 0. The van der Waals surface area contributed by atoms with Crippen molar-refractivity contribution >= 4 is 17.7 Å². The van der Waals surface area contributed by atoms with Gasteiger partial charge < -0.3 is 29.8 Å². The van der Waals surface area contributed by atoms with E-state index in [9.17, 15) is 19.5 Å². The summed E-state index contributed by atoms with van der Waals surface area (Å²) in [5.41, 5.74) is 3.12. The van der Waals surface area contributed by atoms with Crippen LogP contribution in [0.3, 0.4) is 0 Å². The molecular weight excluding hydrogens is 462 g/mol. The van der Waals surface area contributed by atoms with Gasteiger partial charge in [0.05, 0.1) is 26.2 Å². The molecule has 190 valence electrons. The molecule has 1 atom stereocenters. The van der Waals surface area contributed by atoms with Crippen LogP contribution in [0.25, 0.3) is 11.1 Å². The van der Waals surface area contributed by atoms with Crippen LogP contribution < -0.4 is 20.9 Å². The van der Waals surface area contributed by atoms with Gasteiger partial charge in [0.2, 0.25) is 0 Å². The summed E-state index contributed by atoms with van der Waals surface area (Å²) in [6.07, 6.45) is -0.125. The number of amides is 2. The number of anilines is 1. The Labute approximate surface area is 209 Å². The van der Waals surface area contributed by atoms with Gasteiger partial charge in [0.15, 0.2) is 5.69 Å². The minimum atomic E-state index is -0.759. The molecule has 1 aromatic heterocycles. The number of esters is 1. The molecule has 1 heterocycles. The Kier molecular flexibility index (Phi) is 8.37. The van der Waals surface area contributed by atoms with Crippen LogP contribution in [0.4, 0.5) is 10.5 Å². The third kappa shape index (κ3) is 6.24. The van der Waals surface area contributed by atoms with E-state index in [1.54, 1.807) is 21.0 Å². The SMILES string of the molecule is CCOC(=O)CC(NC(=O)Nc1c(O)cc(C)n(C)c1=O)c1cc(C)cc(-c2cccc(OC)c2)c1. The fourth-order valence-electron chi connectivity index (χ4n) is 3.85. The lowest BCUT2D eigenvalue weighted by Gasteiger charge is -2.21.